The van der Waals surface area contributed by atoms with Gasteiger partial charge in [0.1, 0.15) is 5.75 Å². The number of rotatable bonds is 5. The third-order valence-electron chi connectivity index (χ3n) is 4.19. The van der Waals surface area contributed by atoms with Crippen LogP contribution in [0.25, 0.3) is 0 Å². The Morgan fingerprint density at radius 1 is 0.815 bits per heavy atom. The Hall–Kier alpha value is -3.60. The number of nitrogens with zero attached hydrogens (tertiary/aromatic N) is 1. The van der Waals surface area contributed by atoms with Gasteiger partial charge in [-0.2, -0.15) is 0 Å². The van der Waals surface area contributed by atoms with E-state index in [4.69, 9.17) is 4.74 Å². The number of methoxy groups -OCH3 is 1. The topological polar surface area (TPSA) is 58.6 Å². The van der Waals surface area contributed by atoms with Crippen LogP contribution in [0.2, 0.25) is 0 Å². The van der Waals surface area contributed by atoms with E-state index < -0.39 is 0 Å². The maximum atomic E-state index is 12.6. The Morgan fingerprint density at radius 3 is 2.00 bits per heavy atom. The summed E-state index contributed by atoms with van der Waals surface area (Å²) in [6.45, 7) is 0. The van der Waals surface area contributed by atoms with Crippen LogP contribution in [0, 0.1) is 0 Å². The second-order valence-electron chi connectivity index (χ2n) is 5.96. The van der Waals surface area contributed by atoms with Crippen LogP contribution in [-0.4, -0.2) is 26.0 Å². The number of ether oxygens (including phenoxy) is 1. The maximum absolute atomic E-state index is 12.6. The lowest BCUT2D eigenvalue weighted by Gasteiger charge is -2.17. The lowest BCUT2D eigenvalue weighted by atomic mass is 10.1. The molecule has 0 aromatic heterocycles. The summed E-state index contributed by atoms with van der Waals surface area (Å²) in [5.74, 6) is 0.351. The van der Waals surface area contributed by atoms with E-state index in [-0.39, 0.29) is 11.8 Å². The van der Waals surface area contributed by atoms with Crippen molar-refractivity contribution in [1.82, 2.24) is 0 Å². The summed E-state index contributed by atoms with van der Waals surface area (Å²) in [4.78, 5) is 26.5. The Kier molecular flexibility index (Phi) is 5.52. The first-order chi connectivity index (χ1) is 13.1. The van der Waals surface area contributed by atoms with Gasteiger partial charge < -0.3 is 15.0 Å². The predicted molar refractivity (Wildman–Crippen MR) is 107 cm³/mol. The molecule has 0 saturated carbocycles. The molecule has 0 radical (unpaired) electrons. The van der Waals surface area contributed by atoms with Crippen LogP contribution >= 0.6 is 0 Å². The van der Waals surface area contributed by atoms with E-state index in [0.29, 0.717) is 22.6 Å². The molecule has 3 aromatic rings. The fourth-order valence-corrected chi connectivity index (χ4v) is 2.60. The first kappa shape index (κ1) is 18.2. The molecule has 0 aliphatic carbocycles. The summed E-state index contributed by atoms with van der Waals surface area (Å²) < 4.78 is 5.09. The lowest BCUT2D eigenvalue weighted by molar-refractivity contribution is 0.0991. The first-order valence-electron chi connectivity index (χ1n) is 8.47. The molecule has 1 N–H and O–H groups in total. The number of carbonyl (C=O) groups excluding carboxylic acids is 2. The molecule has 136 valence electrons. The summed E-state index contributed by atoms with van der Waals surface area (Å²) >= 11 is 0. The number of amides is 2. The van der Waals surface area contributed by atoms with Crippen molar-refractivity contribution in [3.8, 4) is 5.75 Å². The summed E-state index contributed by atoms with van der Waals surface area (Å²) in [5.41, 5.74) is 2.51. The number of benzene rings is 3. The van der Waals surface area contributed by atoms with Gasteiger partial charge in [0, 0.05) is 29.5 Å². The van der Waals surface area contributed by atoms with Gasteiger partial charge in [-0.1, -0.05) is 18.2 Å². The molecular formula is C22H20N2O3. The van der Waals surface area contributed by atoms with Crippen LogP contribution in [0.5, 0.6) is 5.75 Å². The number of carbonyl (C=O) groups is 2. The Bertz CT molecular complexity index is 920. The number of anilines is 2. The molecule has 0 atom stereocenters. The van der Waals surface area contributed by atoms with E-state index in [9.17, 15) is 9.59 Å². The van der Waals surface area contributed by atoms with Crippen molar-refractivity contribution >= 4 is 23.2 Å². The van der Waals surface area contributed by atoms with Crippen molar-refractivity contribution < 1.29 is 14.3 Å². The molecule has 0 saturated heterocycles. The van der Waals surface area contributed by atoms with Gasteiger partial charge in [0.2, 0.25) is 0 Å². The van der Waals surface area contributed by atoms with Crippen molar-refractivity contribution in [2.24, 2.45) is 0 Å². The van der Waals surface area contributed by atoms with Crippen LogP contribution in [-0.2, 0) is 0 Å². The molecule has 0 fully saturated rings. The smallest absolute Gasteiger partial charge is 0.258 e. The Morgan fingerprint density at radius 2 is 1.41 bits per heavy atom. The van der Waals surface area contributed by atoms with E-state index in [1.165, 1.54) is 0 Å². The van der Waals surface area contributed by atoms with Crippen LogP contribution < -0.4 is 15.0 Å². The van der Waals surface area contributed by atoms with Crippen LogP contribution in [0.4, 0.5) is 11.4 Å². The monoisotopic (exact) mass is 360 g/mol. The molecule has 3 aromatic carbocycles. The average Bonchev–Trinajstić information content (AvgIpc) is 2.74. The molecule has 0 aliphatic rings. The summed E-state index contributed by atoms with van der Waals surface area (Å²) in [7, 11) is 3.31. The van der Waals surface area contributed by atoms with Gasteiger partial charge >= 0.3 is 0 Å². The molecule has 27 heavy (non-hydrogen) atoms. The number of hydrogen-bond donors (Lipinski definition) is 1. The highest BCUT2D eigenvalue weighted by Gasteiger charge is 2.13. The SMILES string of the molecule is COc1ccc(C(=O)Nc2ccc(C(=O)N(C)c3ccccc3)cc2)cc1. The third-order valence-corrected chi connectivity index (χ3v) is 4.19. The third kappa shape index (κ3) is 4.33. The second kappa shape index (κ2) is 8.19. The van der Waals surface area contributed by atoms with Crippen molar-refractivity contribution in [1.29, 1.82) is 0 Å². The number of para-hydroxylation sites is 1. The zero-order valence-corrected chi connectivity index (χ0v) is 15.2. The molecule has 3 rings (SSSR count). The number of nitrogens with one attached hydrogen (secondary N) is 1. The first-order valence-corrected chi connectivity index (χ1v) is 8.47. The van der Waals surface area contributed by atoms with E-state index >= 15 is 0 Å². The highest BCUT2D eigenvalue weighted by atomic mass is 16.5. The molecule has 0 unspecified atom stereocenters. The molecule has 0 aliphatic heterocycles. The maximum Gasteiger partial charge on any atom is 0.258 e. The summed E-state index contributed by atoms with van der Waals surface area (Å²) in [6.07, 6.45) is 0. The molecule has 5 heteroatoms. The highest BCUT2D eigenvalue weighted by Crippen LogP contribution is 2.18. The van der Waals surface area contributed by atoms with Crippen LogP contribution in [0.3, 0.4) is 0 Å². The van der Waals surface area contributed by atoms with Gasteiger partial charge in [0.25, 0.3) is 11.8 Å². The van der Waals surface area contributed by atoms with E-state index in [2.05, 4.69) is 5.32 Å². The Balaban J connectivity index is 1.67. The predicted octanol–water partition coefficient (Wildman–Crippen LogP) is 4.22. The molecular weight excluding hydrogens is 340 g/mol. The van der Waals surface area contributed by atoms with Crippen molar-refractivity contribution in [3.63, 3.8) is 0 Å². The summed E-state index contributed by atoms with van der Waals surface area (Å²) in [6, 6.07) is 23.1. The Labute approximate surface area is 158 Å². The fraction of sp³-hybridized carbons (Fsp3) is 0.0909. The van der Waals surface area contributed by atoms with Gasteiger partial charge in [0.15, 0.2) is 0 Å². The van der Waals surface area contributed by atoms with Crippen LogP contribution in [0.1, 0.15) is 20.7 Å². The second-order valence-corrected chi connectivity index (χ2v) is 5.96. The standard InChI is InChI=1S/C22H20N2O3/c1-24(19-6-4-3-5-7-19)22(26)17-8-12-18(13-9-17)23-21(25)16-10-14-20(27-2)15-11-16/h3-15H,1-2H3,(H,23,25). The van der Waals surface area contributed by atoms with Crippen LogP contribution in [0.15, 0.2) is 78.9 Å². The van der Waals surface area contributed by atoms with E-state index in [1.807, 2.05) is 30.3 Å². The zero-order chi connectivity index (χ0) is 19.2. The van der Waals surface area contributed by atoms with Gasteiger partial charge in [-0.15, -0.1) is 0 Å². The quantitative estimate of drug-likeness (QED) is 0.741. The molecule has 0 bridgehead atoms. The highest BCUT2D eigenvalue weighted by molar-refractivity contribution is 6.07. The lowest BCUT2D eigenvalue weighted by Crippen LogP contribution is -2.26. The molecule has 0 spiro atoms. The van der Waals surface area contributed by atoms with E-state index in [1.54, 1.807) is 67.6 Å². The summed E-state index contributed by atoms with van der Waals surface area (Å²) in [5, 5.41) is 2.82. The minimum atomic E-state index is -0.224. The van der Waals surface area contributed by atoms with E-state index in [0.717, 1.165) is 5.69 Å². The largest absolute Gasteiger partial charge is 0.497 e. The van der Waals surface area contributed by atoms with Gasteiger partial charge in [-0.3, -0.25) is 9.59 Å². The molecule has 2 amide bonds. The zero-order valence-electron chi connectivity index (χ0n) is 15.2. The normalized spacial score (nSPS) is 10.1. The van der Waals surface area contributed by atoms with Gasteiger partial charge in [-0.05, 0) is 60.7 Å². The van der Waals surface area contributed by atoms with Crippen molar-refractivity contribution in [2.75, 3.05) is 24.4 Å². The number of hydrogen-bond acceptors (Lipinski definition) is 3. The minimum Gasteiger partial charge on any atom is -0.497 e. The molecule has 5 nitrogen and oxygen atoms in total. The molecule has 0 heterocycles. The van der Waals surface area contributed by atoms with Crippen molar-refractivity contribution in [3.05, 3.63) is 90.0 Å². The van der Waals surface area contributed by atoms with Crippen molar-refractivity contribution in [2.45, 2.75) is 0 Å². The fourth-order valence-electron chi connectivity index (χ4n) is 2.60. The minimum absolute atomic E-state index is 0.116. The van der Waals surface area contributed by atoms with Gasteiger partial charge in [0.05, 0.1) is 7.11 Å². The van der Waals surface area contributed by atoms with Gasteiger partial charge in [-0.25, -0.2) is 0 Å². The average molecular weight is 360 g/mol.